The molecule has 1 unspecified atom stereocenters. The SMILES string of the molecule is NCCC(O)c1n[nH]c(=O)[nH]1. The topological polar surface area (TPSA) is 108 Å². The van der Waals surface area contributed by atoms with E-state index in [0.717, 1.165) is 0 Å². The Morgan fingerprint density at radius 2 is 2.45 bits per heavy atom. The fourth-order valence-corrected chi connectivity index (χ4v) is 0.736. The number of rotatable bonds is 3. The van der Waals surface area contributed by atoms with E-state index in [-0.39, 0.29) is 5.82 Å². The van der Waals surface area contributed by atoms with Crippen molar-refractivity contribution < 1.29 is 5.11 Å². The van der Waals surface area contributed by atoms with Gasteiger partial charge in [0, 0.05) is 0 Å². The zero-order valence-corrected chi connectivity index (χ0v) is 5.87. The van der Waals surface area contributed by atoms with Gasteiger partial charge in [-0.3, -0.25) is 4.98 Å². The van der Waals surface area contributed by atoms with Crippen LogP contribution < -0.4 is 11.4 Å². The summed E-state index contributed by atoms with van der Waals surface area (Å²) in [6.07, 6.45) is -0.389. The van der Waals surface area contributed by atoms with Crippen molar-refractivity contribution in [3.05, 3.63) is 16.3 Å². The van der Waals surface area contributed by atoms with E-state index in [1.807, 2.05) is 0 Å². The highest BCUT2D eigenvalue weighted by Gasteiger charge is 2.09. The Morgan fingerprint density at radius 1 is 1.73 bits per heavy atom. The Balaban J connectivity index is 2.68. The maximum absolute atomic E-state index is 10.5. The van der Waals surface area contributed by atoms with Crippen molar-refractivity contribution >= 4 is 0 Å². The highest BCUT2D eigenvalue weighted by Crippen LogP contribution is 2.06. The highest BCUT2D eigenvalue weighted by atomic mass is 16.3. The van der Waals surface area contributed by atoms with E-state index in [1.165, 1.54) is 0 Å². The van der Waals surface area contributed by atoms with Crippen LogP contribution in [0.25, 0.3) is 0 Å². The van der Waals surface area contributed by atoms with Gasteiger partial charge in [-0.2, -0.15) is 5.10 Å². The Labute approximate surface area is 62.4 Å². The number of aromatic nitrogens is 3. The van der Waals surface area contributed by atoms with Crippen LogP contribution >= 0.6 is 0 Å². The second kappa shape index (κ2) is 3.31. The van der Waals surface area contributed by atoms with Gasteiger partial charge in [0.25, 0.3) is 0 Å². The van der Waals surface area contributed by atoms with E-state index in [4.69, 9.17) is 5.73 Å². The van der Waals surface area contributed by atoms with Crippen molar-refractivity contribution in [2.75, 3.05) is 6.54 Å². The number of hydrogen-bond donors (Lipinski definition) is 4. The molecule has 0 aliphatic heterocycles. The highest BCUT2D eigenvalue weighted by molar-refractivity contribution is 4.86. The minimum absolute atomic E-state index is 0.237. The van der Waals surface area contributed by atoms with E-state index in [2.05, 4.69) is 15.2 Å². The molecule has 62 valence electrons. The Morgan fingerprint density at radius 3 is 2.91 bits per heavy atom. The van der Waals surface area contributed by atoms with Gasteiger partial charge in [-0.15, -0.1) is 0 Å². The van der Waals surface area contributed by atoms with Crippen molar-refractivity contribution in [2.45, 2.75) is 12.5 Å². The number of H-pyrrole nitrogens is 2. The number of aliphatic hydroxyl groups excluding tert-OH is 1. The number of nitrogens with zero attached hydrogens (tertiary/aromatic N) is 1. The van der Waals surface area contributed by atoms with Crippen molar-refractivity contribution in [1.82, 2.24) is 15.2 Å². The third-order valence-corrected chi connectivity index (χ3v) is 1.28. The lowest BCUT2D eigenvalue weighted by Gasteiger charge is -2.02. The monoisotopic (exact) mass is 158 g/mol. The van der Waals surface area contributed by atoms with E-state index in [9.17, 15) is 9.90 Å². The number of nitrogens with two attached hydrogens (primary N) is 1. The van der Waals surface area contributed by atoms with Gasteiger partial charge in [0.15, 0.2) is 5.82 Å². The van der Waals surface area contributed by atoms with Crippen molar-refractivity contribution in [1.29, 1.82) is 0 Å². The van der Waals surface area contributed by atoms with Gasteiger partial charge in [0.2, 0.25) is 0 Å². The average Bonchev–Trinajstić information content (AvgIpc) is 2.36. The predicted octanol–water partition coefficient (Wildman–Crippen LogP) is -1.52. The summed E-state index contributed by atoms with van der Waals surface area (Å²) in [7, 11) is 0. The fraction of sp³-hybridized carbons (Fsp3) is 0.600. The molecule has 1 rings (SSSR count). The first kappa shape index (κ1) is 7.96. The van der Waals surface area contributed by atoms with Crippen LogP contribution in [0.4, 0.5) is 0 Å². The molecule has 1 aromatic heterocycles. The maximum atomic E-state index is 10.5. The van der Waals surface area contributed by atoms with Gasteiger partial charge < -0.3 is 10.8 Å². The first-order valence-corrected chi connectivity index (χ1v) is 3.26. The van der Waals surface area contributed by atoms with E-state index >= 15 is 0 Å². The fourth-order valence-electron chi connectivity index (χ4n) is 0.736. The summed E-state index contributed by atoms with van der Waals surface area (Å²) < 4.78 is 0. The lowest BCUT2D eigenvalue weighted by Crippen LogP contribution is -2.09. The van der Waals surface area contributed by atoms with Gasteiger partial charge in [-0.25, -0.2) is 9.89 Å². The Hall–Kier alpha value is -1.14. The quantitative estimate of drug-likeness (QED) is 0.428. The van der Waals surface area contributed by atoms with Crippen LogP contribution in [0.1, 0.15) is 18.3 Å². The molecule has 5 N–H and O–H groups in total. The second-order valence-electron chi connectivity index (χ2n) is 2.16. The molecule has 0 radical (unpaired) electrons. The molecule has 0 aliphatic carbocycles. The maximum Gasteiger partial charge on any atom is 0.340 e. The first-order valence-electron chi connectivity index (χ1n) is 3.26. The standard InChI is InChI=1S/C5H10N4O2/c6-2-1-3(10)4-7-5(11)9-8-4/h3,10H,1-2,6H2,(H2,7,8,9,11). The Kier molecular flexibility index (Phi) is 2.40. The van der Waals surface area contributed by atoms with Crippen LogP contribution in [0.15, 0.2) is 4.79 Å². The molecular formula is C5H10N4O2. The zero-order chi connectivity index (χ0) is 8.27. The predicted molar refractivity (Wildman–Crippen MR) is 37.8 cm³/mol. The summed E-state index contributed by atoms with van der Waals surface area (Å²) >= 11 is 0. The number of hydrogen-bond acceptors (Lipinski definition) is 4. The molecule has 1 aromatic rings. The summed E-state index contributed by atoms with van der Waals surface area (Å²) in [6, 6.07) is 0. The van der Waals surface area contributed by atoms with Crippen molar-refractivity contribution in [3.8, 4) is 0 Å². The molecule has 0 saturated heterocycles. The van der Waals surface area contributed by atoms with Crippen LogP contribution in [0.3, 0.4) is 0 Å². The molecule has 1 heterocycles. The van der Waals surface area contributed by atoms with Gasteiger partial charge >= 0.3 is 5.69 Å². The van der Waals surface area contributed by atoms with Gasteiger partial charge in [0.05, 0.1) is 0 Å². The molecule has 0 saturated carbocycles. The second-order valence-corrected chi connectivity index (χ2v) is 2.16. The van der Waals surface area contributed by atoms with Crippen LogP contribution in [-0.4, -0.2) is 26.8 Å². The van der Waals surface area contributed by atoms with Gasteiger partial charge in [0.1, 0.15) is 6.10 Å². The molecule has 0 bridgehead atoms. The molecule has 0 fully saturated rings. The molecule has 0 aromatic carbocycles. The molecule has 11 heavy (non-hydrogen) atoms. The van der Waals surface area contributed by atoms with Crippen LogP contribution in [-0.2, 0) is 0 Å². The largest absolute Gasteiger partial charge is 0.385 e. The summed E-state index contributed by atoms with van der Waals surface area (Å²) in [5.41, 5.74) is 4.76. The molecule has 0 spiro atoms. The molecule has 0 amide bonds. The van der Waals surface area contributed by atoms with E-state index < -0.39 is 11.8 Å². The zero-order valence-electron chi connectivity index (χ0n) is 5.87. The van der Waals surface area contributed by atoms with E-state index in [0.29, 0.717) is 13.0 Å². The Bertz CT molecular complexity index is 265. The van der Waals surface area contributed by atoms with Gasteiger partial charge in [-0.05, 0) is 13.0 Å². The van der Waals surface area contributed by atoms with E-state index in [1.54, 1.807) is 0 Å². The van der Waals surface area contributed by atoms with Gasteiger partial charge in [-0.1, -0.05) is 0 Å². The number of aromatic amines is 2. The minimum atomic E-state index is -0.779. The first-order chi connectivity index (χ1) is 5.24. The smallest absolute Gasteiger partial charge is 0.340 e. The molecular weight excluding hydrogens is 148 g/mol. The van der Waals surface area contributed by atoms with Crippen molar-refractivity contribution in [3.63, 3.8) is 0 Å². The van der Waals surface area contributed by atoms with Crippen LogP contribution in [0.5, 0.6) is 0 Å². The number of aliphatic hydroxyl groups is 1. The normalized spacial score (nSPS) is 13.3. The van der Waals surface area contributed by atoms with Crippen molar-refractivity contribution in [2.24, 2.45) is 5.73 Å². The molecule has 0 aliphatic rings. The van der Waals surface area contributed by atoms with Crippen LogP contribution in [0, 0.1) is 0 Å². The van der Waals surface area contributed by atoms with Crippen LogP contribution in [0.2, 0.25) is 0 Å². The summed E-state index contributed by atoms with van der Waals surface area (Å²) in [4.78, 5) is 12.8. The average molecular weight is 158 g/mol. The summed E-state index contributed by atoms with van der Waals surface area (Å²) in [5, 5.41) is 14.9. The lowest BCUT2D eigenvalue weighted by atomic mass is 10.2. The molecule has 6 nitrogen and oxygen atoms in total. The minimum Gasteiger partial charge on any atom is -0.385 e. The summed E-state index contributed by atoms with van der Waals surface area (Å²) in [5.74, 6) is 0.237. The molecule has 6 heteroatoms. The number of nitrogens with one attached hydrogen (secondary N) is 2. The summed E-state index contributed by atoms with van der Waals surface area (Å²) in [6.45, 7) is 0.357. The molecule has 1 atom stereocenters. The third kappa shape index (κ3) is 1.89. The lowest BCUT2D eigenvalue weighted by molar-refractivity contribution is 0.161. The third-order valence-electron chi connectivity index (χ3n) is 1.28.